The fourth-order valence-corrected chi connectivity index (χ4v) is 0.941. The lowest BCUT2D eigenvalue weighted by Gasteiger charge is -2.05. The van der Waals surface area contributed by atoms with Crippen LogP contribution in [-0.4, -0.2) is 11.3 Å². The van der Waals surface area contributed by atoms with Gasteiger partial charge in [-0.25, -0.2) is 8.78 Å². The van der Waals surface area contributed by atoms with E-state index in [1.165, 1.54) is 6.07 Å². The van der Waals surface area contributed by atoms with Crippen LogP contribution in [-0.2, 0) is 0 Å². The van der Waals surface area contributed by atoms with Gasteiger partial charge in [0.05, 0.1) is 16.8 Å². The summed E-state index contributed by atoms with van der Waals surface area (Å²) in [5.74, 6) is 0. The zero-order valence-electron chi connectivity index (χ0n) is 6.87. The molecular weight excluding hydrogens is 192 g/mol. The van der Waals surface area contributed by atoms with Crippen LogP contribution < -0.4 is 5.73 Å². The van der Waals surface area contributed by atoms with Crippen LogP contribution >= 0.6 is 0 Å². The zero-order chi connectivity index (χ0) is 10.7. The maximum atomic E-state index is 12.3. The lowest BCUT2D eigenvalue weighted by Crippen LogP contribution is -2.04. The molecule has 0 spiro atoms. The number of hydrogen-bond acceptors (Lipinski definition) is 4. The molecule has 0 radical (unpaired) electrons. The molecule has 0 bridgehead atoms. The molecule has 0 saturated heterocycles. The number of nitrogen functional groups attached to an aromatic ring is 1. The molecule has 1 aromatic rings. The summed E-state index contributed by atoms with van der Waals surface area (Å²) in [5.41, 5.74) is 3.83. The summed E-state index contributed by atoms with van der Waals surface area (Å²) in [5, 5.41) is 8.56. The van der Waals surface area contributed by atoms with Crippen molar-refractivity contribution in [2.24, 2.45) is 0 Å². The van der Waals surface area contributed by atoms with Gasteiger partial charge in [-0.2, -0.15) is 5.26 Å². The average Bonchev–Trinajstić information content (AvgIpc) is 2.17. The molecule has 0 unspecified atom stereocenters. The molecule has 6 heteroatoms. The fraction of sp³-hybridized carbons (Fsp3) is 0.125. The minimum absolute atomic E-state index is 0.203. The summed E-state index contributed by atoms with van der Waals surface area (Å²) in [6.07, 6.45) is -1.74. The molecule has 0 saturated carbocycles. The number of alkyl halides is 2. The Hall–Kier alpha value is -2.03. The van der Waals surface area contributed by atoms with E-state index in [0.717, 1.165) is 6.20 Å². The SMILES string of the molecule is N#Cc1c(C(F)F)cnc(C=O)c1N. The van der Waals surface area contributed by atoms with E-state index in [0.29, 0.717) is 6.29 Å². The number of halogens is 2. The molecule has 0 aromatic carbocycles. The Labute approximate surface area is 78.0 Å². The number of carbonyl (C=O) groups excluding carboxylic acids is 1. The number of hydrogen-bond donors (Lipinski definition) is 1. The second kappa shape index (κ2) is 3.79. The van der Waals surface area contributed by atoms with Gasteiger partial charge in [0.15, 0.2) is 6.29 Å². The van der Waals surface area contributed by atoms with Gasteiger partial charge in [-0.3, -0.25) is 9.78 Å². The Balaban J connectivity index is 3.45. The maximum absolute atomic E-state index is 12.3. The van der Waals surface area contributed by atoms with E-state index < -0.39 is 17.6 Å². The third-order valence-electron chi connectivity index (χ3n) is 1.64. The van der Waals surface area contributed by atoms with Crippen LogP contribution in [0.4, 0.5) is 14.5 Å². The number of rotatable bonds is 2. The van der Waals surface area contributed by atoms with Gasteiger partial charge in [-0.1, -0.05) is 0 Å². The van der Waals surface area contributed by atoms with Crippen molar-refractivity contribution in [2.75, 3.05) is 5.73 Å². The van der Waals surface area contributed by atoms with Crippen LogP contribution in [0.25, 0.3) is 0 Å². The largest absolute Gasteiger partial charge is 0.396 e. The second-order valence-electron chi connectivity index (χ2n) is 2.42. The number of carbonyl (C=O) groups is 1. The van der Waals surface area contributed by atoms with Gasteiger partial charge < -0.3 is 5.73 Å². The Morgan fingerprint density at radius 1 is 1.64 bits per heavy atom. The standard InChI is InChI=1S/C8H5F2N3O/c9-8(10)5-2-13-6(3-14)7(12)4(5)1-11/h2-3,8H,12H2. The summed E-state index contributed by atoms with van der Waals surface area (Å²) in [4.78, 5) is 13.7. The minimum atomic E-state index is -2.83. The van der Waals surface area contributed by atoms with Crippen LogP contribution in [0.3, 0.4) is 0 Å². The smallest absolute Gasteiger partial charge is 0.266 e. The Morgan fingerprint density at radius 3 is 2.71 bits per heavy atom. The van der Waals surface area contributed by atoms with E-state index in [9.17, 15) is 13.6 Å². The molecule has 14 heavy (non-hydrogen) atoms. The average molecular weight is 197 g/mol. The van der Waals surface area contributed by atoms with Crippen molar-refractivity contribution in [3.05, 3.63) is 23.0 Å². The maximum Gasteiger partial charge on any atom is 0.266 e. The van der Waals surface area contributed by atoms with Crippen molar-refractivity contribution in [3.63, 3.8) is 0 Å². The quantitative estimate of drug-likeness (QED) is 0.724. The van der Waals surface area contributed by atoms with E-state index in [2.05, 4.69) is 4.98 Å². The number of nitrogens with zero attached hydrogens (tertiary/aromatic N) is 2. The number of pyridine rings is 1. The Kier molecular flexibility index (Phi) is 2.72. The number of aromatic nitrogens is 1. The molecule has 1 heterocycles. The summed E-state index contributed by atoms with van der Waals surface area (Å²) < 4.78 is 24.6. The Bertz CT molecular complexity index is 412. The molecule has 0 aliphatic heterocycles. The highest BCUT2D eigenvalue weighted by Gasteiger charge is 2.18. The summed E-state index contributed by atoms with van der Waals surface area (Å²) in [6, 6.07) is 1.52. The molecule has 1 aromatic heterocycles. The van der Waals surface area contributed by atoms with Gasteiger partial charge in [-0.05, 0) is 0 Å². The molecule has 1 rings (SSSR count). The minimum Gasteiger partial charge on any atom is -0.396 e. The normalized spacial score (nSPS) is 9.86. The third kappa shape index (κ3) is 1.52. The number of nitrogens with two attached hydrogens (primary N) is 1. The first-order chi connectivity index (χ1) is 6.61. The molecule has 0 atom stereocenters. The molecule has 2 N–H and O–H groups in total. The van der Waals surface area contributed by atoms with Crippen molar-refractivity contribution in [1.29, 1.82) is 5.26 Å². The van der Waals surface area contributed by atoms with Crippen LogP contribution in [0.1, 0.15) is 28.0 Å². The van der Waals surface area contributed by atoms with E-state index >= 15 is 0 Å². The van der Waals surface area contributed by atoms with E-state index in [-0.39, 0.29) is 11.4 Å². The first-order valence-electron chi connectivity index (χ1n) is 3.53. The molecule has 0 fully saturated rings. The lowest BCUT2D eigenvalue weighted by molar-refractivity contribution is 0.111. The monoisotopic (exact) mass is 197 g/mol. The van der Waals surface area contributed by atoms with E-state index in [1.807, 2.05) is 0 Å². The van der Waals surface area contributed by atoms with Crippen molar-refractivity contribution >= 4 is 12.0 Å². The van der Waals surface area contributed by atoms with Crippen molar-refractivity contribution in [1.82, 2.24) is 4.98 Å². The summed E-state index contributed by atoms with van der Waals surface area (Å²) >= 11 is 0. The van der Waals surface area contributed by atoms with Gasteiger partial charge in [0, 0.05) is 6.20 Å². The van der Waals surface area contributed by atoms with Crippen molar-refractivity contribution in [3.8, 4) is 6.07 Å². The molecule has 72 valence electrons. The summed E-state index contributed by atoms with van der Waals surface area (Å²) in [7, 11) is 0. The van der Waals surface area contributed by atoms with Crippen LogP contribution in [0.2, 0.25) is 0 Å². The fourth-order valence-electron chi connectivity index (χ4n) is 0.941. The van der Waals surface area contributed by atoms with Gasteiger partial charge >= 0.3 is 0 Å². The molecule has 0 amide bonds. The summed E-state index contributed by atoms with van der Waals surface area (Å²) in [6.45, 7) is 0. The highest BCUT2D eigenvalue weighted by Crippen LogP contribution is 2.26. The molecule has 4 nitrogen and oxygen atoms in total. The predicted molar refractivity (Wildman–Crippen MR) is 43.7 cm³/mol. The zero-order valence-corrected chi connectivity index (χ0v) is 6.87. The Morgan fingerprint density at radius 2 is 2.29 bits per heavy atom. The molecular formula is C8H5F2N3O. The van der Waals surface area contributed by atoms with Crippen LogP contribution in [0, 0.1) is 11.3 Å². The lowest BCUT2D eigenvalue weighted by atomic mass is 10.1. The number of aldehydes is 1. The number of nitriles is 1. The molecule has 0 aliphatic carbocycles. The molecule has 0 aliphatic rings. The third-order valence-corrected chi connectivity index (χ3v) is 1.64. The van der Waals surface area contributed by atoms with Crippen LogP contribution in [0.15, 0.2) is 6.20 Å². The first kappa shape index (κ1) is 10.1. The van der Waals surface area contributed by atoms with E-state index in [1.54, 1.807) is 0 Å². The predicted octanol–water partition coefficient (Wildman–Crippen LogP) is 1.29. The van der Waals surface area contributed by atoms with Gasteiger partial charge in [-0.15, -0.1) is 0 Å². The van der Waals surface area contributed by atoms with Crippen molar-refractivity contribution in [2.45, 2.75) is 6.43 Å². The van der Waals surface area contributed by atoms with Crippen molar-refractivity contribution < 1.29 is 13.6 Å². The van der Waals surface area contributed by atoms with E-state index in [4.69, 9.17) is 11.0 Å². The second-order valence-corrected chi connectivity index (χ2v) is 2.42. The van der Waals surface area contributed by atoms with Gasteiger partial charge in [0.25, 0.3) is 6.43 Å². The topological polar surface area (TPSA) is 79.8 Å². The first-order valence-corrected chi connectivity index (χ1v) is 3.53. The highest BCUT2D eigenvalue weighted by molar-refractivity contribution is 5.83. The highest BCUT2D eigenvalue weighted by atomic mass is 19.3. The van der Waals surface area contributed by atoms with Gasteiger partial charge in [0.2, 0.25) is 0 Å². The van der Waals surface area contributed by atoms with Crippen LogP contribution in [0.5, 0.6) is 0 Å². The number of anilines is 1. The van der Waals surface area contributed by atoms with Gasteiger partial charge in [0.1, 0.15) is 11.8 Å².